The van der Waals surface area contributed by atoms with E-state index in [1.165, 1.54) is 48.4 Å². The zero-order valence-electron chi connectivity index (χ0n) is 9.55. The number of hydrogen-bond acceptors (Lipinski definition) is 3. The number of halogens is 1. The molecule has 0 aliphatic carbocycles. The Morgan fingerprint density at radius 2 is 2.00 bits per heavy atom. The van der Waals surface area contributed by atoms with E-state index in [2.05, 4.69) is 10.3 Å². The van der Waals surface area contributed by atoms with Crippen molar-refractivity contribution in [2.45, 2.75) is 0 Å². The van der Waals surface area contributed by atoms with Crippen molar-refractivity contribution in [2.24, 2.45) is 0 Å². The van der Waals surface area contributed by atoms with Gasteiger partial charge in [0.2, 0.25) is 0 Å². The van der Waals surface area contributed by atoms with E-state index in [1.54, 1.807) is 0 Å². The van der Waals surface area contributed by atoms with Gasteiger partial charge in [-0.1, -0.05) is 0 Å². The monoisotopic (exact) mass is 247 g/mol. The van der Waals surface area contributed by atoms with Crippen molar-refractivity contribution in [3.8, 4) is 5.69 Å². The first-order chi connectivity index (χ1) is 8.63. The summed E-state index contributed by atoms with van der Waals surface area (Å²) in [5.74, 6) is -0.911. The lowest BCUT2D eigenvalue weighted by Gasteiger charge is -2.06. The molecule has 0 saturated heterocycles. The molecule has 0 atom stereocenters. The molecule has 0 bridgehead atoms. The molecule has 18 heavy (non-hydrogen) atoms. The number of rotatable bonds is 2. The third kappa shape index (κ3) is 2.13. The highest BCUT2D eigenvalue weighted by Crippen LogP contribution is 2.06. The number of carbonyl (C=O) groups excluding carboxylic acids is 1. The lowest BCUT2D eigenvalue weighted by Crippen LogP contribution is -2.30. The second kappa shape index (κ2) is 4.79. The van der Waals surface area contributed by atoms with Crippen LogP contribution in [0.25, 0.3) is 5.69 Å². The van der Waals surface area contributed by atoms with E-state index < -0.39 is 17.3 Å². The van der Waals surface area contributed by atoms with Crippen LogP contribution in [0.1, 0.15) is 10.4 Å². The second-order valence-corrected chi connectivity index (χ2v) is 3.54. The van der Waals surface area contributed by atoms with Crippen LogP contribution in [-0.2, 0) is 0 Å². The van der Waals surface area contributed by atoms with Crippen molar-refractivity contribution in [1.29, 1.82) is 0 Å². The number of hydrogen-bond donors (Lipinski definition) is 1. The Hall–Kier alpha value is -2.50. The maximum absolute atomic E-state index is 12.8. The van der Waals surface area contributed by atoms with Crippen molar-refractivity contribution in [3.63, 3.8) is 0 Å². The van der Waals surface area contributed by atoms with E-state index in [-0.39, 0.29) is 5.56 Å². The van der Waals surface area contributed by atoms with E-state index in [1.807, 2.05) is 0 Å². The third-order valence-corrected chi connectivity index (χ3v) is 2.41. The molecule has 0 unspecified atom stereocenters. The van der Waals surface area contributed by atoms with Gasteiger partial charge in [-0.05, 0) is 24.3 Å². The molecular weight excluding hydrogens is 237 g/mol. The maximum Gasteiger partial charge on any atom is 0.270 e. The van der Waals surface area contributed by atoms with Crippen LogP contribution >= 0.6 is 0 Å². The van der Waals surface area contributed by atoms with Crippen molar-refractivity contribution in [3.05, 3.63) is 58.5 Å². The summed E-state index contributed by atoms with van der Waals surface area (Å²) in [6.45, 7) is 0. The number of nitrogens with one attached hydrogen (secondary N) is 1. The normalized spacial score (nSPS) is 10.1. The minimum absolute atomic E-state index is 0.0654. The van der Waals surface area contributed by atoms with Crippen LogP contribution in [0.2, 0.25) is 0 Å². The molecule has 0 aliphatic heterocycles. The van der Waals surface area contributed by atoms with Crippen molar-refractivity contribution in [2.75, 3.05) is 7.05 Å². The second-order valence-electron chi connectivity index (χ2n) is 3.54. The molecule has 0 fully saturated rings. The molecule has 0 aliphatic rings. The van der Waals surface area contributed by atoms with Crippen LogP contribution in [0.4, 0.5) is 4.39 Å². The fourth-order valence-corrected chi connectivity index (χ4v) is 1.49. The van der Waals surface area contributed by atoms with Gasteiger partial charge in [-0.15, -0.1) is 0 Å². The fraction of sp³-hybridized carbons (Fsp3) is 0.0833. The van der Waals surface area contributed by atoms with Crippen molar-refractivity contribution in [1.82, 2.24) is 14.9 Å². The Labute approximate surface area is 102 Å². The van der Waals surface area contributed by atoms with Crippen molar-refractivity contribution < 1.29 is 9.18 Å². The van der Waals surface area contributed by atoms with Gasteiger partial charge in [0.05, 0.1) is 5.69 Å². The molecule has 1 aromatic heterocycles. The van der Waals surface area contributed by atoms with Gasteiger partial charge in [-0.25, -0.2) is 9.37 Å². The highest BCUT2D eigenvalue weighted by atomic mass is 19.1. The third-order valence-electron chi connectivity index (χ3n) is 2.41. The van der Waals surface area contributed by atoms with Gasteiger partial charge in [-0.2, -0.15) is 0 Å². The SMILES string of the molecule is CNC(=O)c1cncn(-c2ccc(F)cc2)c1=O. The smallest absolute Gasteiger partial charge is 0.270 e. The summed E-state index contributed by atoms with van der Waals surface area (Å²) in [6.07, 6.45) is 2.48. The molecule has 1 N–H and O–H groups in total. The predicted octanol–water partition coefficient (Wildman–Crippen LogP) is 0.731. The zero-order valence-corrected chi connectivity index (χ0v) is 9.55. The van der Waals surface area contributed by atoms with E-state index in [0.717, 1.165) is 0 Å². The first-order valence-corrected chi connectivity index (χ1v) is 5.18. The number of aromatic nitrogens is 2. The van der Waals surface area contributed by atoms with Crippen LogP contribution in [0.3, 0.4) is 0 Å². The number of amides is 1. The van der Waals surface area contributed by atoms with E-state index in [9.17, 15) is 14.0 Å². The Morgan fingerprint density at radius 1 is 1.33 bits per heavy atom. The molecule has 0 saturated carbocycles. The van der Waals surface area contributed by atoms with E-state index >= 15 is 0 Å². The largest absolute Gasteiger partial charge is 0.355 e. The van der Waals surface area contributed by atoms with Gasteiger partial charge in [0, 0.05) is 13.2 Å². The van der Waals surface area contributed by atoms with Crippen molar-refractivity contribution >= 4 is 5.91 Å². The van der Waals surface area contributed by atoms with Gasteiger partial charge >= 0.3 is 0 Å². The average molecular weight is 247 g/mol. The Morgan fingerprint density at radius 3 is 2.61 bits per heavy atom. The molecule has 0 spiro atoms. The first kappa shape index (κ1) is 12.0. The number of benzene rings is 1. The summed E-state index contributed by atoms with van der Waals surface area (Å²) in [5, 5.41) is 2.36. The van der Waals surface area contributed by atoms with Crippen LogP contribution < -0.4 is 10.9 Å². The van der Waals surface area contributed by atoms with Gasteiger partial charge < -0.3 is 5.32 Å². The summed E-state index contributed by atoms with van der Waals surface area (Å²) in [6, 6.07) is 5.33. The standard InChI is InChI=1S/C12H10FN3O2/c1-14-11(17)10-6-15-7-16(12(10)18)9-4-2-8(13)3-5-9/h2-7H,1H3,(H,14,17). The summed E-state index contributed by atoms with van der Waals surface area (Å²) in [7, 11) is 1.43. The highest BCUT2D eigenvalue weighted by molar-refractivity contribution is 5.93. The van der Waals surface area contributed by atoms with Crippen LogP contribution in [-0.4, -0.2) is 22.5 Å². The molecular formula is C12H10FN3O2. The predicted molar refractivity (Wildman–Crippen MR) is 63.2 cm³/mol. The van der Waals surface area contributed by atoms with Gasteiger partial charge in [0.25, 0.3) is 11.5 Å². The topological polar surface area (TPSA) is 64.0 Å². The fourth-order valence-electron chi connectivity index (χ4n) is 1.49. The molecule has 92 valence electrons. The van der Waals surface area contributed by atoms with E-state index in [4.69, 9.17) is 0 Å². The summed E-state index contributed by atoms with van der Waals surface area (Å²) < 4.78 is 14.0. The minimum Gasteiger partial charge on any atom is -0.355 e. The molecule has 0 radical (unpaired) electrons. The Kier molecular flexibility index (Phi) is 3.18. The van der Waals surface area contributed by atoms with E-state index in [0.29, 0.717) is 5.69 Å². The van der Waals surface area contributed by atoms with Gasteiger partial charge in [0.1, 0.15) is 17.7 Å². The highest BCUT2D eigenvalue weighted by Gasteiger charge is 2.11. The molecule has 1 amide bonds. The van der Waals surface area contributed by atoms with Crippen LogP contribution in [0.15, 0.2) is 41.6 Å². The Balaban J connectivity index is 2.56. The molecule has 1 aromatic carbocycles. The summed E-state index contributed by atoms with van der Waals surface area (Å²) in [4.78, 5) is 27.3. The van der Waals surface area contributed by atoms with Gasteiger partial charge in [-0.3, -0.25) is 14.2 Å². The molecule has 2 rings (SSSR count). The number of carbonyl (C=O) groups is 1. The van der Waals surface area contributed by atoms with Gasteiger partial charge in [0.15, 0.2) is 0 Å². The Bertz CT molecular complexity index is 635. The summed E-state index contributed by atoms with van der Waals surface area (Å²) >= 11 is 0. The summed E-state index contributed by atoms with van der Waals surface area (Å²) in [5.41, 5.74) is -0.125. The molecule has 6 heteroatoms. The van der Waals surface area contributed by atoms with Crippen LogP contribution in [0.5, 0.6) is 0 Å². The first-order valence-electron chi connectivity index (χ1n) is 5.18. The quantitative estimate of drug-likeness (QED) is 0.851. The van der Waals surface area contributed by atoms with Crippen LogP contribution in [0, 0.1) is 5.82 Å². The average Bonchev–Trinajstić information content (AvgIpc) is 2.39. The molecule has 1 heterocycles. The minimum atomic E-state index is -0.510. The maximum atomic E-state index is 12.8. The lowest BCUT2D eigenvalue weighted by molar-refractivity contribution is 0.0961. The zero-order chi connectivity index (χ0) is 13.1. The lowest BCUT2D eigenvalue weighted by atomic mass is 10.2. The molecule has 5 nitrogen and oxygen atoms in total. The molecule has 2 aromatic rings. The number of nitrogens with zero attached hydrogens (tertiary/aromatic N) is 2.